The fourth-order valence-corrected chi connectivity index (χ4v) is 24.3. The number of aliphatic hydroxyl groups excluding tert-OH is 6. The van der Waals surface area contributed by atoms with Crippen LogP contribution in [0.2, 0.25) is 0 Å². The summed E-state index contributed by atoms with van der Waals surface area (Å²) in [6.45, 7) is 15.5. The van der Waals surface area contributed by atoms with Gasteiger partial charge in [0.25, 0.3) is 0 Å². The lowest BCUT2D eigenvalue weighted by Gasteiger charge is -2.33. The van der Waals surface area contributed by atoms with E-state index in [1.807, 2.05) is 62.3 Å². The number of hydrogen-bond donors (Lipinski definition) is 6. The molecule has 6 N–H and O–H groups in total. The van der Waals surface area contributed by atoms with Gasteiger partial charge in [-0.3, -0.25) is 43.2 Å². The van der Waals surface area contributed by atoms with Gasteiger partial charge >= 0.3 is 53.7 Å². The third kappa shape index (κ3) is 17.4. The van der Waals surface area contributed by atoms with E-state index in [9.17, 15) is 53.4 Å². The molecule has 0 radical (unpaired) electrons. The lowest BCUT2D eigenvalue weighted by molar-refractivity contribution is -0.180. The van der Waals surface area contributed by atoms with Gasteiger partial charge in [-0.15, -0.1) is 0 Å². The Morgan fingerprint density at radius 1 is 0.233 bits per heavy atom. The van der Waals surface area contributed by atoms with Crippen molar-refractivity contribution in [3.05, 3.63) is 109 Å². The van der Waals surface area contributed by atoms with Crippen LogP contribution in [0, 0.1) is 155 Å². The van der Waals surface area contributed by atoms with Gasteiger partial charge in [-0.1, -0.05) is 109 Å². The van der Waals surface area contributed by atoms with Gasteiger partial charge in [0.15, 0.2) is 12.2 Å². The maximum Gasteiger partial charge on any atom is 0.312 e. The molecule has 24 nitrogen and oxygen atoms in total. The molecule has 18 rings (SSSR count). The highest BCUT2D eigenvalue weighted by molar-refractivity contribution is 5.83. The molecule has 9 saturated carbocycles. The van der Waals surface area contributed by atoms with Crippen LogP contribution in [-0.4, -0.2) is 181 Å². The van der Waals surface area contributed by atoms with E-state index in [-0.39, 0.29) is 173 Å². The molecule has 18 bridgehead atoms. The minimum absolute atomic E-state index is 0.0855. The summed E-state index contributed by atoms with van der Waals surface area (Å²) in [5.41, 5.74) is -4.59. The highest BCUT2D eigenvalue weighted by Crippen LogP contribution is 2.60. The SMILES string of the molecule is CC1(C(=O)OC(CO)CO)CC2C=CC1C2.CC1(C(=O)OCC(CO)OC(=O)C2(C)CC3C=CC2C3)CC2C=CC1C2.CC1(C(=O)OCC(COC(=O)C2(C)CC3C=CC2C3)OC(=O)C2(C)CC3C=CC2C3)CC2C=CC1C2.CC1(C(=O)OCC(O)CO)CC2C=CC1C2.CC1(C(=O)OCC(O)COC(=O)C2(C)CC3C=CC2C3)CC2C=CC1C2. The summed E-state index contributed by atoms with van der Waals surface area (Å²) in [5, 5.41) is 55.2. The van der Waals surface area contributed by atoms with Crippen LogP contribution in [0.3, 0.4) is 0 Å². The van der Waals surface area contributed by atoms with Gasteiger partial charge in [0.05, 0.1) is 75.2 Å². The van der Waals surface area contributed by atoms with Crippen LogP contribution in [0.25, 0.3) is 0 Å². The van der Waals surface area contributed by atoms with Gasteiger partial charge in [0.2, 0.25) is 0 Å². The van der Waals surface area contributed by atoms with Crippen LogP contribution in [0.4, 0.5) is 0 Å². The lowest BCUT2D eigenvalue weighted by Crippen LogP contribution is -2.42. The largest absolute Gasteiger partial charge is 0.462 e. The third-order valence-electron chi connectivity index (χ3n) is 32.4. The molecular formula is C96H130O24. The second-order valence-corrected chi connectivity index (χ2v) is 41.2. The molecule has 29 atom stereocenters. The summed E-state index contributed by atoms with van der Waals surface area (Å²) in [7, 11) is 0. The number of aliphatic hydroxyl groups is 6. The minimum atomic E-state index is -0.988. The molecule has 24 heteroatoms. The number of fused-ring (bicyclic) bond motifs is 18. The highest BCUT2D eigenvalue weighted by Gasteiger charge is 2.60. The number of carbonyl (C=O) groups excluding carboxylic acids is 9. The molecule has 0 aromatic carbocycles. The predicted molar refractivity (Wildman–Crippen MR) is 437 cm³/mol. The normalized spacial score (nSPS) is 42.1. The van der Waals surface area contributed by atoms with Crippen LogP contribution in [0.15, 0.2) is 109 Å². The molecule has 18 aliphatic rings. The molecule has 0 aromatic rings. The average molecular weight is 1670 g/mol. The van der Waals surface area contributed by atoms with E-state index in [0.717, 1.165) is 116 Å². The van der Waals surface area contributed by atoms with Crippen LogP contribution in [0.1, 0.15) is 178 Å². The quantitative estimate of drug-likeness (QED) is 0.0241. The van der Waals surface area contributed by atoms with E-state index in [1.54, 1.807) is 0 Å². The third-order valence-corrected chi connectivity index (χ3v) is 32.4. The van der Waals surface area contributed by atoms with Crippen molar-refractivity contribution in [2.45, 2.75) is 208 Å². The Morgan fingerprint density at radius 3 is 0.575 bits per heavy atom. The Labute approximate surface area is 705 Å². The summed E-state index contributed by atoms with van der Waals surface area (Å²) in [6, 6.07) is 0. The molecule has 0 heterocycles. The predicted octanol–water partition coefficient (Wildman–Crippen LogP) is 11.0. The van der Waals surface area contributed by atoms with E-state index in [2.05, 4.69) is 109 Å². The Bertz CT molecular complexity index is 4050. The highest BCUT2D eigenvalue weighted by atomic mass is 16.6. The summed E-state index contributed by atoms with van der Waals surface area (Å²) in [4.78, 5) is 114. The maximum atomic E-state index is 13.3. The topological polar surface area (TPSA) is 358 Å². The van der Waals surface area contributed by atoms with Crippen molar-refractivity contribution in [2.75, 3.05) is 66.1 Å². The first-order valence-corrected chi connectivity index (χ1v) is 44.5. The zero-order chi connectivity index (χ0) is 85.9. The van der Waals surface area contributed by atoms with E-state index >= 15 is 0 Å². The van der Waals surface area contributed by atoms with E-state index in [4.69, 9.17) is 63.1 Å². The fourth-order valence-electron chi connectivity index (χ4n) is 24.3. The summed E-state index contributed by atoms with van der Waals surface area (Å²) >= 11 is 0. The van der Waals surface area contributed by atoms with Crippen LogP contribution >= 0.6 is 0 Å². The molecular weight excluding hydrogens is 1540 g/mol. The molecule has 9 fully saturated rings. The first kappa shape index (κ1) is 88.9. The zero-order valence-corrected chi connectivity index (χ0v) is 71.5. The van der Waals surface area contributed by atoms with Crippen molar-refractivity contribution in [3.8, 4) is 0 Å². The molecule has 120 heavy (non-hydrogen) atoms. The number of hydrogen-bond acceptors (Lipinski definition) is 24. The monoisotopic (exact) mass is 1670 g/mol. The van der Waals surface area contributed by atoms with Gasteiger partial charge < -0.3 is 73.3 Å². The number of carbonyl (C=O) groups is 9. The van der Waals surface area contributed by atoms with Crippen molar-refractivity contribution in [2.24, 2.45) is 155 Å². The molecule has 0 saturated heterocycles. The first-order chi connectivity index (χ1) is 56.9. The number of rotatable bonds is 28. The van der Waals surface area contributed by atoms with Crippen molar-refractivity contribution in [1.82, 2.24) is 0 Å². The Balaban J connectivity index is 0.000000127. The molecule has 658 valence electrons. The van der Waals surface area contributed by atoms with Gasteiger partial charge in [-0.2, -0.15) is 0 Å². The second kappa shape index (κ2) is 35.0. The minimum Gasteiger partial charge on any atom is -0.462 e. The fraction of sp³-hybridized carbons (Fsp3) is 0.719. The van der Waals surface area contributed by atoms with Crippen LogP contribution in [-0.2, 0) is 85.8 Å². The molecule has 0 aromatic heterocycles. The van der Waals surface area contributed by atoms with Crippen molar-refractivity contribution in [1.29, 1.82) is 0 Å². The summed E-state index contributed by atoms with van der Waals surface area (Å²) in [6.07, 6.45) is 50.5. The molecule has 29 unspecified atom stereocenters. The smallest absolute Gasteiger partial charge is 0.312 e. The van der Waals surface area contributed by atoms with Gasteiger partial charge in [-0.05, 0) is 284 Å². The number of ether oxygens (including phenoxy) is 9. The van der Waals surface area contributed by atoms with Gasteiger partial charge in [0.1, 0.15) is 58.0 Å². The van der Waals surface area contributed by atoms with Crippen molar-refractivity contribution in [3.63, 3.8) is 0 Å². The van der Waals surface area contributed by atoms with E-state index in [1.165, 1.54) is 0 Å². The van der Waals surface area contributed by atoms with E-state index in [0.29, 0.717) is 53.3 Å². The molecule has 18 aliphatic carbocycles. The molecule has 0 amide bonds. The standard InChI is InChI=1S/C30H38O6.2C21H28O5.2C12H18O4/c1-28(13-18-4-7-21(28)10-18)25(31)34-16-24(36-27(33)30(3)15-20-6-9-23(30)12-20)17-35-26(32)29(2)14-19-5-8-22(29)11-19;1-20(9-13-3-5-15(20)7-13)18(23)25-11-17(22)12-26-19(24)21(2)10-14-4-6-16(21)8-14;1-20(9-13-3-5-15(20)7-13)18(23)25-12-17(11-22)26-19(24)21(2)10-14-4-6-16(21)8-14;1-12(5-8-2-3-9(12)4-8)11(15)16-7-10(14)6-13;1-12(5-8-2-3-9(12)4-8)11(15)16-10(6-13)7-14/h4-9,18-24H,10-17H2,1-3H3;2*3-6,13-17,22H,7-12H2,1-2H3;2*2-3,8-10,13-14H,4-7H2,1H3. The Morgan fingerprint density at radius 2 is 0.400 bits per heavy atom. The maximum absolute atomic E-state index is 13.3. The Kier molecular flexibility index (Phi) is 25.9. The summed E-state index contributed by atoms with van der Waals surface area (Å²) in [5.74, 6) is 3.72. The van der Waals surface area contributed by atoms with Crippen molar-refractivity contribution >= 4 is 53.7 Å². The van der Waals surface area contributed by atoms with Crippen LogP contribution < -0.4 is 0 Å². The van der Waals surface area contributed by atoms with Crippen LogP contribution in [0.5, 0.6) is 0 Å². The number of allylic oxidation sites excluding steroid dienone is 18. The average Bonchev–Trinajstić information content (AvgIpc) is 1.61. The lowest BCUT2D eigenvalue weighted by atomic mass is 9.77. The van der Waals surface area contributed by atoms with Gasteiger partial charge in [0, 0.05) is 0 Å². The van der Waals surface area contributed by atoms with E-state index < -0.39 is 79.3 Å². The molecule has 0 aliphatic heterocycles. The molecule has 0 spiro atoms. The second-order valence-electron chi connectivity index (χ2n) is 41.2. The zero-order valence-electron chi connectivity index (χ0n) is 71.5. The first-order valence-electron chi connectivity index (χ1n) is 44.5. The van der Waals surface area contributed by atoms with Gasteiger partial charge in [-0.25, -0.2) is 0 Å². The summed E-state index contributed by atoms with van der Waals surface area (Å²) < 4.78 is 49.4. The van der Waals surface area contributed by atoms with Crippen molar-refractivity contribution < 1.29 is 116 Å². The Hall–Kier alpha value is -7.35. The number of esters is 9.